The van der Waals surface area contributed by atoms with Crippen molar-refractivity contribution in [3.63, 3.8) is 0 Å². The first-order chi connectivity index (χ1) is 6.83. The van der Waals surface area contributed by atoms with Crippen LogP contribution in [0.4, 0.5) is 0 Å². The topological polar surface area (TPSA) is 43.3 Å². The zero-order chi connectivity index (χ0) is 9.97. The van der Waals surface area contributed by atoms with Gasteiger partial charge in [0.05, 0.1) is 5.69 Å². The number of aryl methyl sites for hydroxylation is 1. The van der Waals surface area contributed by atoms with E-state index in [1.54, 1.807) is 0 Å². The Morgan fingerprint density at radius 2 is 2.29 bits per heavy atom. The lowest BCUT2D eigenvalue weighted by atomic mass is 10.2. The smallest absolute Gasteiger partial charge is 0.137 e. The van der Waals surface area contributed by atoms with E-state index >= 15 is 0 Å². The Labute approximate surface area is 91.1 Å². The average Bonchev–Trinajstić information content (AvgIpc) is 2.54. The minimum Gasteiger partial charge on any atom is -0.330 e. The molecule has 0 saturated carbocycles. The summed E-state index contributed by atoms with van der Waals surface area (Å²) in [5.74, 6) is 0. The molecule has 0 spiro atoms. The number of fused-ring (bicyclic) bond motifs is 1. The standard InChI is InChI=1S/C10H12BrN3/c11-10-8(4-3-6-12)13-9-5-1-2-7-14(9)10/h1-2,5,7H,3-4,6,12H2. The van der Waals surface area contributed by atoms with Crippen molar-refractivity contribution in [2.24, 2.45) is 5.73 Å². The van der Waals surface area contributed by atoms with Crippen molar-refractivity contribution in [1.29, 1.82) is 0 Å². The number of aromatic nitrogens is 2. The highest BCUT2D eigenvalue weighted by Gasteiger charge is 2.07. The van der Waals surface area contributed by atoms with Crippen molar-refractivity contribution in [3.8, 4) is 0 Å². The van der Waals surface area contributed by atoms with Crippen LogP contribution in [0.15, 0.2) is 29.0 Å². The first-order valence-corrected chi connectivity index (χ1v) is 5.44. The van der Waals surface area contributed by atoms with Crippen molar-refractivity contribution in [3.05, 3.63) is 34.7 Å². The quantitative estimate of drug-likeness (QED) is 0.910. The van der Waals surface area contributed by atoms with Crippen LogP contribution in [0, 0.1) is 0 Å². The predicted octanol–water partition coefficient (Wildman–Crippen LogP) is 1.99. The monoisotopic (exact) mass is 253 g/mol. The van der Waals surface area contributed by atoms with E-state index in [4.69, 9.17) is 5.73 Å². The molecule has 3 nitrogen and oxygen atoms in total. The highest BCUT2D eigenvalue weighted by molar-refractivity contribution is 9.10. The van der Waals surface area contributed by atoms with Gasteiger partial charge in [-0.1, -0.05) is 6.07 Å². The third-order valence-electron chi connectivity index (χ3n) is 2.16. The van der Waals surface area contributed by atoms with Crippen molar-refractivity contribution >= 4 is 21.6 Å². The summed E-state index contributed by atoms with van der Waals surface area (Å²) in [5.41, 5.74) is 7.53. The molecule has 0 radical (unpaired) electrons. The fourth-order valence-electron chi connectivity index (χ4n) is 1.44. The third-order valence-corrected chi connectivity index (χ3v) is 2.99. The third kappa shape index (κ3) is 1.67. The van der Waals surface area contributed by atoms with Gasteiger partial charge in [0.1, 0.15) is 10.3 Å². The molecule has 0 aliphatic rings. The van der Waals surface area contributed by atoms with Crippen LogP contribution in [0.25, 0.3) is 5.65 Å². The molecule has 2 N–H and O–H groups in total. The predicted molar refractivity (Wildman–Crippen MR) is 60.3 cm³/mol. The van der Waals surface area contributed by atoms with Crippen LogP contribution in [0.1, 0.15) is 12.1 Å². The number of rotatable bonds is 3. The summed E-state index contributed by atoms with van der Waals surface area (Å²) in [4.78, 5) is 4.51. The second kappa shape index (κ2) is 4.11. The number of hydrogen-bond donors (Lipinski definition) is 1. The van der Waals surface area contributed by atoms with E-state index in [9.17, 15) is 0 Å². The molecule has 0 atom stereocenters. The largest absolute Gasteiger partial charge is 0.330 e. The van der Waals surface area contributed by atoms with E-state index in [0.717, 1.165) is 28.8 Å². The zero-order valence-electron chi connectivity index (χ0n) is 7.78. The molecule has 14 heavy (non-hydrogen) atoms. The number of nitrogens with two attached hydrogens (primary N) is 1. The molecular weight excluding hydrogens is 242 g/mol. The Balaban J connectivity index is 2.41. The molecule has 2 heterocycles. The first-order valence-electron chi connectivity index (χ1n) is 4.64. The van der Waals surface area contributed by atoms with Gasteiger partial charge in [0.15, 0.2) is 0 Å². The van der Waals surface area contributed by atoms with Gasteiger partial charge in [-0.15, -0.1) is 0 Å². The van der Waals surface area contributed by atoms with Gasteiger partial charge >= 0.3 is 0 Å². The lowest BCUT2D eigenvalue weighted by molar-refractivity contribution is 0.812. The Morgan fingerprint density at radius 1 is 1.43 bits per heavy atom. The van der Waals surface area contributed by atoms with Crippen LogP contribution in [0.3, 0.4) is 0 Å². The lowest BCUT2D eigenvalue weighted by Crippen LogP contribution is -2.00. The molecule has 0 aromatic carbocycles. The molecule has 0 bridgehead atoms. The molecule has 2 aromatic heterocycles. The van der Waals surface area contributed by atoms with E-state index in [2.05, 4.69) is 20.9 Å². The van der Waals surface area contributed by atoms with Crippen molar-refractivity contribution < 1.29 is 0 Å². The Kier molecular flexibility index (Phi) is 2.84. The average molecular weight is 254 g/mol. The summed E-state index contributed by atoms with van der Waals surface area (Å²) >= 11 is 3.54. The van der Waals surface area contributed by atoms with Crippen LogP contribution >= 0.6 is 15.9 Å². The van der Waals surface area contributed by atoms with Crippen LogP contribution in [0.5, 0.6) is 0 Å². The highest BCUT2D eigenvalue weighted by Crippen LogP contribution is 2.19. The molecule has 2 aromatic rings. The fourth-order valence-corrected chi connectivity index (χ4v) is 2.03. The van der Waals surface area contributed by atoms with Gasteiger partial charge in [-0.3, -0.25) is 4.40 Å². The minimum absolute atomic E-state index is 0.709. The van der Waals surface area contributed by atoms with Gasteiger partial charge in [-0.2, -0.15) is 0 Å². The molecule has 0 aliphatic carbocycles. The fraction of sp³-hybridized carbons (Fsp3) is 0.300. The minimum atomic E-state index is 0.709. The van der Waals surface area contributed by atoms with Crippen LogP contribution < -0.4 is 5.73 Å². The Hall–Kier alpha value is -0.870. The SMILES string of the molecule is NCCCc1nc2ccccn2c1Br. The number of imidazole rings is 1. The summed E-state index contributed by atoms with van der Waals surface area (Å²) in [6, 6.07) is 5.98. The maximum absolute atomic E-state index is 5.47. The molecule has 0 fully saturated rings. The van der Waals surface area contributed by atoms with Crippen LogP contribution in [-0.4, -0.2) is 15.9 Å². The van der Waals surface area contributed by atoms with Gasteiger partial charge in [-0.25, -0.2) is 4.98 Å². The second-order valence-electron chi connectivity index (χ2n) is 3.17. The molecule has 74 valence electrons. The maximum Gasteiger partial charge on any atom is 0.137 e. The van der Waals surface area contributed by atoms with Crippen LogP contribution in [-0.2, 0) is 6.42 Å². The second-order valence-corrected chi connectivity index (χ2v) is 3.92. The summed E-state index contributed by atoms with van der Waals surface area (Å²) in [6.07, 6.45) is 3.90. The molecule has 0 unspecified atom stereocenters. The number of nitrogens with zero attached hydrogens (tertiary/aromatic N) is 2. The van der Waals surface area contributed by atoms with Gasteiger partial charge in [0.2, 0.25) is 0 Å². The van der Waals surface area contributed by atoms with E-state index in [0.29, 0.717) is 6.54 Å². The van der Waals surface area contributed by atoms with Crippen LogP contribution in [0.2, 0.25) is 0 Å². The lowest BCUT2D eigenvalue weighted by Gasteiger charge is -1.95. The zero-order valence-corrected chi connectivity index (χ0v) is 9.37. The summed E-state index contributed by atoms with van der Waals surface area (Å²) in [7, 11) is 0. The number of pyridine rings is 1. The van der Waals surface area contributed by atoms with Crippen molar-refractivity contribution in [2.75, 3.05) is 6.54 Å². The van der Waals surface area contributed by atoms with Gasteiger partial charge in [0, 0.05) is 6.20 Å². The summed E-state index contributed by atoms with van der Waals surface area (Å²) in [6.45, 7) is 0.709. The maximum atomic E-state index is 5.47. The van der Waals surface area contributed by atoms with E-state index in [1.807, 2.05) is 28.8 Å². The molecule has 4 heteroatoms. The van der Waals surface area contributed by atoms with Crippen molar-refractivity contribution in [1.82, 2.24) is 9.38 Å². The summed E-state index contributed by atoms with van der Waals surface area (Å²) in [5, 5.41) is 0. The Bertz CT molecular complexity index is 436. The highest BCUT2D eigenvalue weighted by atomic mass is 79.9. The molecule has 0 aliphatic heterocycles. The van der Waals surface area contributed by atoms with Gasteiger partial charge < -0.3 is 5.73 Å². The first kappa shape index (κ1) is 9.68. The molecular formula is C10H12BrN3. The van der Waals surface area contributed by atoms with Gasteiger partial charge in [-0.05, 0) is 47.4 Å². The van der Waals surface area contributed by atoms with E-state index in [1.165, 1.54) is 0 Å². The molecule has 0 amide bonds. The Morgan fingerprint density at radius 3 is 3.00 bits per heavy atom. The van der Waals surface area contributed by atoms with Crippen molar-refractivity contribution in [2.45, 2.75) is 12.8 Å². The molecule has 0 saturated heterocycles. The molecule has 2 rings (SSSR count). The van der Waals surface area contributed by atoms with E-state index < -0.39 is 0 Å². The number of halogens is 1. The van der Waals surface area contributed by atoms with Gasteiger partial charge in [0.25, 0.3) is 0 Å². The van der Waals surface area contributed by atoms with E-state index in [-0.39, 0.29) is 0 Å². The normalized spacial score (nSPS) is 11.0. The number of hydrogen-bond acceptors (Lipinski definition) is 2. The summed E-state index contributed by atoms with van der Waals surface area (Å²) < 4.78 is 3.08.